The first-order valence-electron chi connectivity index (χ1n) is 5.97. The Balaban J connectivity index is 2.54. The minimum absolute atomic E-state index is 1.14. The topological polar surface area (TPSA) is 4.93 Å². The summed E-state index contributed by atoms with van der Waals surface area (Å²) in [5.41, 5.74) is 5.37. The van der Waals surface area contributed by atoms with Gasteiger partial charge in [-0.05, 0) is 44.0 Å². The van der Waals surface area contributed by atoms with E-state index >= 15 is 0 Å². The Morgan fingerprint density at radius 2 is 1.75 bits per heavy atom. The molecule has 0 spiro atoms. The number of para-hydroxylation sites is 1. The van der Waals surface area contributed by atoms with Crippen molar-refractivity contribution >= 4 is 0 Å². The minimum Gasteiger partial charge on any atom is -0.318 e. The fourth-order valence-corrected chi connectivity index (χ4v) is 2.20. The van der Waals surface area contributed by atoms with Gasteiger partial charge in [-0.1, -0.05) is 31.5 Å². The van der Waals surface area contributed by atoms with E-state index in [1.54, 1.807) is 0 Å². The van der Waals surface area contributed by atoms with Crippen LogP contribution in [-0.4, -0.2) is 4.57 Å². The zero-order valence-corrected chi connectivity index (χ0v) is 10.3. The molecule has 1 aromatic heterocycles. The summed E-state index contributed by atoms with van der Waals surface area (Å²) in [6.07, 6.45) is 2.33. The first-order chi connectivity index (χ1) is 7.74. The second-order valence-corrected chi connectivity index (χ2v) is 4.34. The lowest BCUT2D eigenvalue weighted by Crippen LogP contribution is -2.03. The van der Waals surface area contributed by atoms with Gasteiger partial charge in [0.05, 0.1) is 0 Å². The Kier molecular flexibility index (Phi) is 3.14. The SMILES string of the molecule is CCCc1ccc(C)n1-c1ccccc1C. The number of aryl methyl sites for hydroxylation is 3. The first-order valence-corrected chi connectivity index (χ1v) is 5.97. The molecule has 0 atom stereocenters. The Bertz CT molecular complexity index is 480. The molecule has 0 saturated carbocycles. The number of aromatic nitrogens is 1. The Morgan fingerprint density at radius 1 is 1.00 bits per heavy atom. The van der Waals surface area contributed by atoms with Gasteiger partial charge in [-0.25, -0.2) is 0 Å². The number of nitrogens with zero attached hydrogens (tertiary/aromatic N) is 1. The van der Waals surface area contributed by atoms with Gasteiger partial charge in [0, 0.05) is 17.1 Å². The molecule has 1 heterocycles. The summed E-state index contributed by atoms with van der Waals surface area (Å²) in [5, 5.41) is 0. The molecule has 0 aliphatic carbocycles. The summed E-state index contributed by atoms with van der Waals surface area (Å²) in [6.45, 7) is 6.57. The van der Waals surface area contributed by atoms with Crippen LogP contribution in [0.25, 0.3) is 5.69 Å². The second kappa shape index (κ2) is 4.56. The van der Waals surface area contributed by atoms with Crippen LogP contribution >= 0.6 is 0 Å². The first kappa shape index (κ1) is 11.0. The Hall–Kier alpha value is -1.50. The average Bonchev–Trinajstić information content (AvgIpc) is 2.62. The molecule has 0 saturated heterocycles. The van der Waals surface area contributed by atoms with Crippen molar-refractivity contribution in [1.29, 1.82) is 0 Å². The highest BCUT2D eigenvalue weighted by atomic mass is 15.0. The molecule has 0 amide bonds. The third-order valence-electron chi connectivity index (χ3n) is 3.02. The van der Waals surface area contributed by atoms with Crippen LogP contribution in [0.4, 0.5) is 0 Å². The number of benzene rings is 1. The van der Waals surface area contributed by atoms with E-state index in [2.05, 4.69) is 61.7 Å². The lowest BCUT2D eigenvalue weighted by atomic mass is 10.2. The Morgan fingerprint density at radius 3 is 2.44 bits per heavy atom. The summed E-state index contributed by atoms with van der Waals surface area (Å²) in [7, 11) is 0. The highest BCUT2D eigenvalue weighted by Crippen LogP contribution is 2.20. The maximum Gasteiger partial charge on any atom is 0.0484 e. The molecule has 16 heavy (non-hydrogen) atoms. The molecule has 84 valence electrons. The van der Waals surface area contributed by atoms with Gasteiger partial charge in [0.1, 0.15) is 0 Å². The van der Waals surface area contributed by atoms with Gasteiger partial charge in [0.2, 0.25) is 0 Å². The molecule has 0 aliphatic rings. The third-order valence-corrected chi connectivity index (χ3v) is 3.02. The highest BCUT2D eigenvalue weighted by Gasteiger charge is 2.07. The zero-order chi connectivity index (χ0) is 11.5. The quantitative estimate of drug-likeness (QED) is 0.725. The van der Waals surface area contributed by atoms with Crippen LogP contribution in [0.3, 0.4) is 0 Å². The second-order valence-electron chi connectivity index (χ2n) is 4.34. The number of rotatable bonds is 3. The molecule has 0 N–H and O–H groups in total. The van der Waals surface area contributed by atoms with Crippen LogP contribution in [-0.2, 0) is 6.42 Å². The molecule has 1 heteroatoms. The normalized spacial score (nSPS) is 10.7. The summed E-state index contributed by atoms with van der Waals surface area (Å²) < 4.78 is 2.37. The van der Waals surface area contributed by atoms with Crippen molar-refractivity contribution in [3.8, 4) is 5.69 Å². The van der Waals surface area contributed by atoms with Crippen LogP contribution < -0.4 is 0 Å². The molecule has 2 aromatic rings. The van der Waals surface area contributed by atoms with Crippen molar-refractivity contribution in [1.82, 2.24) is 4.57 Å². The predicted octanol–water partition coefficient (Wildman–Crippen LogP) is 4.05. The molecule has 0 radical (unpaired) electrons. The maximum absolute atomic E-state index is 2.37. The van der Waals surface area contributed by atoms with Crippen LogP contribution in [0.2, 0.25) is 0 Å². The van der Waals surface area contributed by atoms with Crippen molar-refractivity contribution in [2.45, 2.75) is 33.6 Å². The molecule has 0 unspecified atom stereocenters. The van der Waals surface area contributed by atoms with E-state index in [0.717, 1.165) is 6.42 Å². The van der Waals surface area contributed by atoms with Crippen LogP contribution in [0.15, 0.2) is 36.4 Å². The highest BCUT2D eigenvalue weighted by molar-refractivity contribution is 5.44. The van der Waals surface area contributed by atoms with Crippen molar-refractivity contribution in [3.63, 3.8) is 0 Å². The fourth-order valence-electron chi connectivity index (χ4n) is 2.20. The summed E-state index contributed by atoms with van der Waals surface area (Å²) in [5.74, 6) is 0. The Labute approximate surface area is 97.7 Å². The van der Waals surface area contributed by atoms with Gasteiger partial charge >= 0.3 is 0 Å². The summed E-state index contributed by atoms with van der Waals surface area (Å²) >= 11 is 0. The van der Waals surface area contributed by atoms with E-state index in [4.69, 9.17) is 0 Å². The average molecular weight is 213 g/mol. The summed E-state index contributed by atoms with van der Waals surface area (Å²) in [4.78, 5) is 0. The standard InChI is InChI=1S/C15H19N/c1-4-7-14-11-10-13(3)16(14)15-9-6-5-8-12(15)2/h5-6,8-11H,4,7H2,1-3H3. The molecule has 0 fully saturated rings. The zero-order valence-electron chi connectivity index (χ0n) is 10.3. The maximum atomic E-state index is 2.37. The van der Waals surface area contributed by atoms with Crippen LogP contribution in [0.1, 0.15) is 30.3 Å². The lowest BCUT2D eigenvalue weighted by molar-refractivity contribution is 0.827. The molecular formula is C15H19N. The van der Waals surface area contributed by atoms with Crippen LogP contribution in [0.5, 0.6) is 0 Å². The monoisotopic (exact) mass is 213 g/mol. The van der Waals surface area contributed by atoms with E-state index < -0.39 is 0 Å². The predicted molar refractivity (Wildman–Crippen MR) is 69.2 cm³/mol. The van der Waals surface area contributed by atoms with E-state index in [1.807, 2.05) is 0 Å². The molecule has 0 bridgehead atoms. The third kappa shape index (κ3) is 1.90. The number of hydrogen-bond acceptors (Lipinski definition) is 0. The largest absolute Gasteiger partial charge is 0.318 e. The van der Waals surface area contributed by atoms with Gasteiger partial charge < -0.3 is 4.57 Å². The van der Waals surface area contributed by atoms with Gasteiger partial charge in [0.25, 0.3) is 0 Å². The van der Waals surface area contributed by atoms with Gasteiger partial charge in [-0.15, -0.1) is 0 Å². The molecule has 0 aliphatic heterocycles. The van der Waals surface area contributed by atoms with Gasteiger partial charge in [-0.2, -0.15) is 0 Å². The van der Waals surface area contributed by atoms with Gasteiger partial charge in [-0.3, -0.25) is 0 Å². The molecule has 2 rings (SSSR count). The molecule has 1 aromatic carbocycles. The number of hydrogen-bond donors (Lipinski definition) is 0. The van der Waals surface area contributed by atoms with Crippen molar-refractivity contribution in [3.05, 3.63) is 53.3 Å². The van der Waals surface area contributed by atoms with Crippen LogP contribution in [0, 0.1) is 13.8 Å². The lowest BCUT2D eigenvalue weighted by Gasteiger charge is -2.13. The van der Waals surface area contributed by atoms with E-state index in [1.165, 1.54) is 29.1 Å². The van der Waals surface area contributed by atoms with Gasteiger partial charge in [0.15, 0.2) is 0 Å². The van der Waals surface area contributed by atoms with E-state index in [-0.39, 0.29) is 0 Å². The van der Waals surface area contributed by atoms with E-state index in [0.29, 0.717) is 0 Å². The molecule has 1 nitrogen and oxygen atoms in total. The smallest absolute Gasteiger partial charge is 0.0484 e. The minimum atomic E-state index is 1.14. The van der Waals surface area contributed by atoms with E-state index in [9.17, 15) is 0 Å². The molecular weight excluding hydrogens is 194 g/mol. The van der Waals surface area contributed by atoms with Crippen molar-refractivity contribution in [2.75, 3.05) is 0 Å². The summed E-state index contributed by atoms with van der Waals surface area (Å²) in [6, 6.07) is 13.0. The van der Waals surface area contributed by atoms with Crippen molar-refractivity contribution < 1.29 is 0 Å². The van der Waals surface area contributed by atoms with Crippen molar-refractivity contribution in [2.24, 2.45) is 0 Å². The fraction of sp³-hybridized carbons (Fsp3) is 0.333.